The first-order valence-corrected chi connectivity index (χ1v) is 16.0. The Morgan fingerprint density at radius 2 is 0.915 bits per heavy atom. The zero-order valence-corrected chi connectivity index (χ0v) is 26.2. The van der Waals surface area contributed by atoms with Crippen LogP contribution in [0.4, 0.5) is 4.79 Å². The fourth-order valence-corrected chi connectivity index (χ4v) is 6.24. The van der Waals surface area contributed by atoms with Crippen LogP contribution in [0.5, 0.6) is 11.5 Å². The second-order valence-electron chi connectivity index (χ2n) is 12.1. The lowest BCUT2D eigenvalue weighted by molar-refractivity contribution is -0.0408. The van der Waals surface area contributed by atoms with Crippen molar-refractivity contribution < 1.29 is 24.9 Å². The molecular formula is C40H40N2O5. The van der Waals surface area contributed by atoms with E-state index in [0.717, 1.165) is 33.6 Å². The van der Waals surface area contributed by atoms with Gasteiger partial charge in [0.05, 0.1) is 12.1 Å². The molecule has 5 aromatic rings. The zero-order valence-electron chi connectivity index (χ0n) is 26.2. The standard InChI is InChI=1S/C40H40N2O5/c43-34-20-16-29(17-21-34)24-36-38(44)39(45)37(25-30-18-22-35(23-19-30)47-28-33-14-8-3-9-15-33)42(27-32-12-6-2-7-13-32)40(46)41(36)26-31-10-4-1-5-11-31/h1-23,36-39,43-45H,24-28H2/t36?,37?,38-,39-/m0/s1. The van der Waals surface area contributed by atoms with Gasteiger partial charge < -0.3 is 29.9 Å². The van der Waals surface area contributed by atoms with Crippen LogP contribution in [-0.4, -0.2) is 55.4 Å². The average Bonchev–Trinajstić information content (AvgIpc) is 3.17. The second-order valence-corrected chi connectivity index (χ2v) is 12.1. The van der Waals surface area contributed by atoms with Gasteiger partial charge in [-0.2, -0.15) is 0 Å². The summed E-state index contributed by atoms with van der Waals surface area (Å²) in [4.78, 5) is 18.1. The molecule has 1 saturated heterocycles. The molecule has 1 aliphatic heterocycles. The number of nitrogens with zero attached hydrogens (tertiary/aromatic N) is 2. The Morgan fingerprint density at radius 1 is 0.511 bits per heavy atom. The molecule has 0 aromatic heterocycles. The van der Waals surface area contributed by atoms with Crippen molar-refractivity contribution >= 4 is 6.03 Å². The normalized spacial score (nSPS) is 19.7. The molecule has 7 heteroatoms. The van der Waals surface area contributed by atoms with Crippen molar-refractivity contribution in [2.45, 2.75) is 56.8 Å². The van der Waals surface area contributed by atoms with Gasteiger partial charge in [-0.25, -0.2) is 4.79 Å². The summed E-state index contributed by atoms with van der Waals surface area (Å²) < 4.78 is 5.98. The topological polar surface area (TPSA) is 93.5 Å². The van der Waals surface area contributed by atoms with E-state index in [4.69, 9.17) is 4.74 Å². The number of phenolic OH excluding ortho intramolecular Hbond substituents is 1. The first-order chi connectivity index (χ1) is 22.9. The lowest BCUT2D eigenvalue weighted by Gasteiger charge is -2.36. The number of carbonyl (C=O) groups excluding carboxylic acids is 1. The molecule has 6 rings (SSSR count). The third-order valence-electron chi connectivity index (χ3n) is 8.82. The van der Waals surface area contributed by atoms with E-state index in [9.17, 15) is 20.1 Å². The molecular weight excluding hydrogens is 588 g/mol. The Morgan fingerprint density at radius 3 is 1.36 bits per heavy atom. The van der Waals surface area contributed by atoms with Gasteiger partial charge in [0.15, 0.2) is 0 Å². The molecule has 2 amide bonds. The van der Waals surface area contributed by atoms with Gasteiger partial charge in [-0.3, -0.25) is 0 Å². The summed E-state index contributed by atoms with van der Waals surface area (Å²) in [5, 5.41) is 33.7. The van der Waals surface area contributed by atoms with Crippen molar-refractivity contribution in [3.63, 3.8) is 0 Å². The molecule has 0 aliphatic carbocycles. The number of aliphatic hydroxyl groups is 2. The molecule has 1 aliphatic rings. The summed E-state index contributed by atoms with van der Waals surface area (Å²) >= 11 is 0. The van der Waals surface area contributed by atoms with Gasteiger partial charge in [0.25, 0.3) is 0 Å². The molecule has 240 valence electrons. The number of hydrogen-bond donors (Lipinski definition) is 3. The zero-order chi connectivity index (χ0) is 32.6. The summed E-state index contributed by atoms with van der Waals surface area (Å²) in [6, 6.07) is 42.1. The molecule has 2 unspecified atom stereocenters. The van der Waals surface area contributed by atoms with Crippen molar-refractivity contribution in [1.29, 1.82) is 0 Å². The Bertz CT molecular complexity index is 1700. The van der Waals surface area contributed by atoms with Gasteiger partial charge in [-0.1, -0.05) is 115 Å². The first-order valence-electron chi connectivity index (χ1n) is 16.0. The Kier molecular flexibility index (Phi) is 10.2. The number of carbonyl (C=O) groups is 1. The molecule has 47 heavy (non-hydrogen) atoms. The number of rotatable bonds is 11. The summed E-state index contributed by atoms with van der Waals surface area (Å²) in [7, 11) is 0. The average molecular weight is 629 g/mol. The number of amides is 2. The minimum atomic E-state index is -1.24. The van der Waals surface area contributed by atoms with Crippen LogP contribution in [0, 0.1) is 0 Å². The summed E-state index contributed by atoms with van der Waals surface area (Å²) in [6.45, 7) is 0.980. The van der Waals surface area contributed by atoms with Crippen molar-refractivity contribution in [1.82, 2.24) is 9.80 Å². The van der Waals surface area contributed by atoms with E-state index in [1.54, 1.807) is 34.1 Å². The lowest BCUT2D eigenvalue weighted by atomic mass is 9.90. The van der Waals surface area contributed by atoms with E-state index >= 15 is 0 Å². The van der Waals surface area contributed by atoms with Crippen LogP contribution in [0.3, 0.4) is 0 Å². The fraction of sp³-hybridized carbons (Fsp3) is 0.225. The van der Waals surface area contributed by atoms with Crippen molar-refractivity contribution in [2.24, 2.45) is 0 Å². The first kappa shape index (κ1) is 31.9. The maximum absolute atomic E-state index is 14.7. The maximum atomic E-state index is 14.7. The number of ether oxygens (including phenoxy) is 1. The fourth-order valence-electron chi connectivity index (χ4n) is 6.24. The van der Waals surface area contributed by atoms with E-state index in [0.29, 0.717) is 19.4 Å². The molecule has 4 atom stereocenters. The number of aliphatic hydroxyl groups excluding tert-OH is 2. The van der Waals surface area contributed by atoms with Gasteiger partial charge in [0, 0.05) is 13.1 Å². The molecule has 1 heterocycles. The van der Waals surface area contributed by atoms with Crippen molar-refractivity contribution in [3.05, 3.63) is 167 Å². The molecule has 3 N–H and O–H groups in total. The lowest BCUT2D eigenvalue weighted by Crippen LogP contribution is -2.50. The van der Waals surface area contributed by atoms with E-state index in [1.807, 2.05) is 115 Å². The molecule has 5 aromatic carbocycles. The predicted molar refractivity (Wildman–Crippen MR) is 182 cm³/mol. The minimum absolute atomic E-state index is 0.137. The van der Waals surface area contributed by atoms with E-state index < -0.39 is 24.3 Å². The molecule has 0 radical (unpaired) electrons. The molecule has 0 bridgehead atoms. The second kappa shape index (κ2) is 15.0. The van der Waals surface area contributed by atoms with Crippen molar-refractivity contribution in [3.8, 4) is 11.5 Å². The van der Waals surface area contributed by atoms with Crippen LogP contribution in [0.25, 0.3) is 0 Å². The van der Waals surface area contributed by atoms with Crippen LogP contribution in [-0.2, 0) is 32.5 Å². The number of urea groups is 1. The van der Waals surface area contributed by atoms with Gasteiger partial charge >= 0.3 is 6.03 Å². The molecule has 0 spiro atoms. The Hall–Kier alpha value is -5.11. The van der Waals surface area contributed by atoms with Gasteiger partial charge in [0.2, 0.25) is 0 Å². The predicted octanol–water partition coefficient (Wildman–Crippen LogP) is 6.35. The maximum Gasteiger partial charge on any atom is 0.321 e. The number of phenols is 1. The minimum Gasteiger partial charge on any atom is -0.508 e. The highest BCUT2D eigenvalue weighted by Gasteiger charge is 2.46. The molecule has 7 nitrogen and oxygen atoms in total. The van der Waals surface area contributed by atoms with Gasteiger partial charge in [0.1, 0.15) is 30.3 Å². The van der Waals surface area contributed by atoms with Gasteiger partial charge in [-0.05, 0) is 64.9 Å². The summed E-state index contributed by atoms with van der Waals surface area (Å²) in [5.74, 6) is 0.859. The third-order valence-corrected chi connectivity index (χ3v) is 8.82. The van der Waals surface area contributed by atoms with Crippen molar-refractivity contribution in [2.75, 3.05) is 0 Å². The van der Waals surface area contributed by atoms with E-state index in [1.165, 1.54) is 0 Å². The SMILES string of the molecule is O=C1N(Cc2ccccc2)C(Cc2ccc(O)cc2)[C@H](O)[C@@H](O)C(Cc2ccc(OCc3ccccc3)cc2)N1Cc1ccccc1. The number of aromatic hydroxyl groups is 1. The van der Waals surface area contributed by atoms with Gasteiger partial charge in [-0.15, -0.1) is 0 Å². The van der Waals surface area contributed by atoms with E-state index in [2.05, 4.69) is 0 Å². The monoisotopic (exact) mass is 628 g/mol. The number of hydrogen-bond acceptors (Lipinski definition) is 5. The Balaban J connectivity index is 1.32. The highest BCUT2D eigenvalue weighted by Crippen LogP contribution is 2.30. The largest absolute Gasteiger partial charge is 0.508 e. The third kappa shape index (κ3) is 8.01. The quantitative estimate of drug-likeness (QED) is 0.159. The Labute approximate surface area is 275 Å². The van der Waals surface area contributed by atoms with Crippen LogP contribution >= 0.6 is 0 Å². The summed E-state index contributed by atoms with van der Waals surface area (Å²) in [6.07, 6.45) is -1.84. The smallest absolute Gasteiger partial charge is 0.321 e. The van der Waals surface area contributed by atoms with Crippen LogP contribution in [0.2, 0.25) is 0 Å². The highest BCUT2D eigenvalue weighted by molar-refractivity contribution is 5.76. The summed E-state index contributed by atoms with van der Waals surface area (Å²) in [5.41, 5.74) is 4.66. The van der Waals surface area contributed by atoms with Crippen LogP contribution in [0.15, 0.2) is 140 Å². The van der Waals surface area contributed by atoms with Crippen LogP contribution in [0.1, 0.15) is 27.8 Å². The number of benzene rings is 5. The molecule has 0 saturated carbocycles. The van der Waals surface area contributed by atoms with E-state index in [-0.39, 0.29) is 24.9 Å². The van der Waals surface area contributed by atoms with Crippen LogP contribution < -0.4 is 4.74 Å². The molecule has 1 fully saturated rings. The highest BCUT2D eigenvalue weighted by atomic mass is 16.5.